The molecule has 1 amide bonds. The number of anilines is 1. The first-order chi connectivity index (χ1) is 17.3. The van der Waals surface area contributed by atoms with Crippen LogP contribution in [0.15, 0.2) is 49.1 Å². The number of ketones is 1. The Labute approximate surface area is 210 Å². The normalized spacial score (nSPS) is 16.9. The number of hydrogen-bond acceptors (Lipinski definition) is 8. The standard InChI is InChI=1S/C25H33N7O4/c1-5-6-7-19(22(33)23-32(36-23)21-10-14-27-29-21)28-24(34)35-20(25(2,3)4)16-31-15-11-18(30-31)17-8-12-26-13-9-17/h8-15,19-20,23H,5-7,16H2,1-4H3,(H,27,29)(H,28,34)/t19-,20?,23?,32?/m0/s1. The van der Waals surface area contributed by atoms with Crippen molar-refractivity contribution in [1.82, 2.24) is 30.3 Å². The second kappa shape index (κ2) is 10.9. The van der Waals surface area contributed by atoms with Crippen molar-refractivity contribution in [2.75, 3.05) is 5.06 Å². The predicted molar refractivity (Wildman–Crippen MR) is 133 cm³/mol. The largest absolute Gasteiger partial charge is 0.444 e. The molecule has 0 aromatic carbocycles. The maximum absolute atomic E-state index is 13.1. The summed E-state index contributed by atoms with van der Waals surface area (Å²) in [6.45, 7) is 8.40. The average Bonchev–Trinajstić information content (AvgIpc) is 3.22. The Morgan fingerprint density at radius 2 is 1.97 bits per heavy atom. The van der Waals surface area contributed by atoms with Crippen molar-refractivity contribution in [3.63, 3.8) is 0 Å². The summed E-state index contributed by atoms with van der Waals surface area (Å²) in [7, 11) is 0. The van der Waals surface area contributed by atoms with Crippen LogP contribution in [0.2, 0.25) is 0 Å². The number of nitrogens with one attached hydrogen (secondary N) is 2. The number of aromatic amines is 1. The van der Waals surface area contributed by atoms with Gasteiger partial charge < -0.3 is 10.1 Å². The first kappa shape index (κ1) is 25.4. The van der Waals surface area contributed by atoms with Gasteiger partial charge in [-0.3, -0.25) is 19.6 Å². The number of carbonyl (C=O) groups excluding carboxylic acids is 2. The van der Waals surface area contributed by atoms with Crippen LogP contribution in [-0.4, -0.2) is 55.2 Å². The molecular formula is C25H33N7O4. The Morgan fingerprint density at radius 3 is 2.64 bits per heavy atom. The molecule has 36 heavy (non-hydrogen) atoms. The number of Topliss-reactive ketones (excluding diaryl/α,β-unsaturated/α-hetero) is 1. The van der Waals surface area contributed by atoms with Crippen molar-refractivity contribution in [3.8, 4) is 11.3 Å². The maximum Gasteiger partial charge on any atom is 0.408 e. The molecule has 0 saturated carbocycles. The highest BCUT2D eigenvalue weighted by atomic mass is 16.8. The number of carbonyl (C=O) groups is 2. The number of hydrogen-bond donors (Lipinski definition) is 2. The van der Waals surface area contributed by atoms with Crippen molar-refractivity contribution < 1.29 is 19.2 Å². The van der Waals surface area contributed by atoms with Crippen molar-refractivity contribution in [2.45, 2.75) is 71.9 Å². The second-order valence-electron chi connectivity index (χ2n) is 9.89. The van der Waals surface area contributed by atoms with Gasteiger partial charge in [0.2, 0.25) is 12.0 Å². The number of amides is 1. The van der Waals surface area contributed by atoms with Crippen LogP contribution in [0.5, 0.6) is 0 Å². The molecule has 11 heteroatoms. The minimum atomic E-state index is -0.762. The lowest BCUT2D eigenvalue weighted by Crippen LogP contribution is -2.46. The van der Waals surface area contributed by atoms with E-state index in [1.807, 2.05) is 52.1 Å². The minimum Gasteiger partial charge on any atom is -0.444 e. The molecule has 3 aromatic heterocycles. The van der Waals surface area contributed by atoms with Gasteiger partial charge in [-0.15, -0.1) is 0 Å². The molecule has 1 fully saturated rings. The zero-order chi connectivity index (χ0) is 25.7. The van der Waals surface area contributed by atoms with Gasteiger partial charge in [0.15, 0.2) is 5.82 Å². The molecule has 2 unspecified atom stereocenters. The van der Waals surface area contributed by atoms with Crippen LogP contribution in [0, 0.1) is 5.41 Å². The SMILES string of the molecule is CCCC[C@H](NC(=O)OC(Cn1ccc(-c2ccncc2)n1)C(C)(C)C)C(=O)C1ON1c1ccn[nH]1. The van der Waals surface area contributed by atoms with E-state index in [0.717, 1.165) is 24.1 Å². The smallest absolute Gasteiger partial charge is 0.408 e. The van der Waals surface area contributed by atoms with Gasteiger partial charge in [-0.05, 0) is 24.6 Å². The van der Waals surface area contributed by atoms with E-state index >= 15 is 0 Å². The summed E-state index contributed by atoms with van der Waals surface area (Å²) in [6.07, 6.45) is 7.15. The molecule has 2 N–H and O–H groups in total. The van der Waals surface area contributed by atoms with Crippen LogP contribution < -0.4 is 10.4 Å². The molecule has 1 aliphatic heterocycles. The molecule has 11 nitrogen and oxygen atoms in total. The van der Waals surface area contributed by atoms with E-state index in [-0.39, 0.29) is 11.2 Å². The van der Waals surface area contributed by atoms with Gasteiger partial charge in [-0.2, -0.15) is 15.3 Å². The molecule has 1 saturated heterocycles. The van der Waals surface area contributed by atoms with Gasteiger partial charge in [0.05, 0.1) is 24.5 Å². The zero-order valence-corrected chi connectivity index (χ0v) is 21.0. The van der Waals surface area contributed by atoms with E-state index in [1.165, 1.54) is 5.06 Å². The number of H-pyrrole nitrogens is 1. The number of aromatic nitrogens is 5. The third kappa shape index (κ3) is 6.28. The van der Waals surface area contributed by atoms with E-state index in [1.54, 1.807) is 29.3 Å². The van der Waals surface area contributed by atoms with E-state index in [0.29, 0.717) is 18.8 Å². The highest BCUT2D eigenvalue weighted by Gasteiger charge is 2.47. The van der Waals surface area contributed by atoms with Crippen LogP contribution in [0.25, 0.3) is 11.3 Å². The fraction of sp³-hybridized carbons (Fsp3) is 0.480. The summed E-state index contributed by atoms with van der Waals surface area (Å²) in [6, 6.07) is 6.68. The average molecular weight is 496 g/mol. The summed E-state index contributed by atoms with van der Waals surface area (Å²) in [5.41, 5.74) is 1.41. The Bertz CT molecular complexity index is 1140. The maximum atomic E-state index is 13.1. The lowest BCUT2D eigenvalue weighted by atomic mass is 9.89. The second-order valence-corrected chi connectivity index (χ2v) is 9.89. The number of rotatable bonds is 11. The first-order valence-electron chi connectivity index (χ1n) is 12.2. The third-order valence-corrected chi connectivity index (χ3v) is 6.01. The van der Waals surface area contributed by atoms with Gasteiger partial charge in [-0.25, -0.2) is 9.63 Å². The summed E-state index contributed by atoms with van der Waals surface area (Å²) in [5, 5.41) is 15.5. The zero-order valence-electron chi connectivity index (χ0n) is 21.0. The molecule has 0 spiro atoms. The van der Waals surface area contributed by atoms with Crippen LogP contribution in [0.3, 0.4) is 0 Å². The molecule has 0 aliphatic carbocycles. The monoisotopic (exact) mass is 495 g/mol. The summed E-state index contributed by atoms with van der Waals surface area (Å²) in [4.78, 5) is 35.5. The Hall–Kier alpha value is -3.73. The number of unbranched alkanes of at least 4 members (excludes halogenated alkanes) is 1. The van der Waals surface area contributed by atoms with E-state index in [2.05, 4.69) is 25.6 Å². The molecule has 3 atom stereocenters. The summed E-state index contributed by atoms with van der Waals surface area (Å²) < 4.78 is 7.61. The van der Waals surface area contributed by atoms with Crippen LogP contribution >= 0.6 is 0 Å². The fourth-order valence-corrected chi connectivity index (χ4v) is 3.77. The summed E-state index contributed by atoms with van der Waals surface area (Å²) in [5.74, 6) is 0.361. The Balaban J connectivity index is 1.39. The number of ether oxygens (including phenoxy) is 1. The summed E-state index contributed by atoms with van der Waals surface area (Å²) >= 11 is 0. The minimum absolute atomic E-state index is 0.226. The molecular weight excluding hydrogens is 462 g/mol. The number of hydroxylamine groups is 1. The number of nitrogens with zero attached hydrogens (tertiary/aromatic N) is 5. The molecule has 3 aromatic rings. The van der Waals surface area contributed by atoms with Crippen molar-refractivity contribution in [1.29, 1.82) is 0 Å². The first-order valence-corrected chi connectivity index (χ1v) is 12.2. The molecule has 0 radical (unpaired) electrons. The van der Waals surface area contributed by atoms with E-state index < -0.39 is 24.5 Å². The molecule has 4 rings (SSSR count). The molecule has 1 aliphatic rings. The molecule has 4 heterocycles. The van der Waals surface area contributed by atoms with Gasteiger partial charge in [-0.1, -0.05) is 40.5 Å². The number of alkyl carbamates (subject to hydrolysis) is 1. The highest BCUT2D eigenvalue weighted by Crippen LogP contribution is 2.30. The van der Waals surface area contributed by atoms with Gasteiger partial charge in [0, 0.05) is 35.6 Å². The van der Waals surface area contributed by atoms with E-state index in [9.17, 15) is 9.59 Å². The van der Waals surface area contributed by atoms with E-state index in [4.69, 9.17) is 9.57 Å². The lowest BCUT2D eigenvalue weighted by Gasteiger charge is -2.30. The fourth-order valence-electron chi connectivity index (χ4n) is 3.77. The van der Waals surface area contributed by atoms with Crippen LogP contribution in [-0.2, 0) is 20.9 Å². The quantitative estimate of drug-likeness (QED) is 0.385. The molecule has 192 valence electrons. The third-order valence-electron chi connectivity index (χ3n) is 6.01. The lowest BCUT2D eigenvalue weighted by molar-refractivity contribution is -0.122. The van der Waals surface area contributed by atoms with Crippen LogP contribution in [0.1, 0.15) is 47.0 Å². The van der Waals surface area contributed by atoms with Gasteiger partial charge in [0.1, 0.15) is 6.10 Å². The Kier molecular flexibility index (Phi) is 7.68. The van der Waals surface area contributed by atoms with Crippen molar-refractivity contribution in [2.24, 2.45) is 5.41 Å². The Morgan fingerprint density at radius 1 is 1.19 bits per heavy atom. The van der Waals surface area contributed by atoms with Crippen LogP contribution in [0.4, 0.5) is 10.6 Å². The predicted octanol–water partition coefficient (Wildman–Crippen LogP) is 3.71. The molecule has 0 bridgehead atoms. The topological polar surface area (TPSA) is 130 Å². The van der Waals surface area contributed by atoms with Crippen molar-refractivity contribution in [3.05, 3.63) is 49.1 Å². The number of pyridine rings is 1. The van der Waals surface area contributed by atoms with Crippen molar-refractivity contribution >= 4 is 17.7 Å². The van der Waals surface area contributed by atoms with Gasteiger partial charge >= 0.3 is 6.09 Å². The highest BCUT2D eigenvalue weighted by molar-refractivity contribution is 5.94. The van der Waals surface area contributed by atoms with Gasteiger partial charge in [0.25, 0.3) is 0 Å².